The molecule has 2 nitrogen and oxygen atoms in total. The van der Waals surface area contributed by atoms with Gasteiger partial charge in [0.15, 0.2) is 0 Å². The maximum Gasteiger partial charge on any atom is 0.0541 e. The quantitative estimate of drug-likeness (QED) is 0.152. The van der Waals surface area contributed by atoms with Gasteiger partial charge in [-0.05, 0) is 128 Å². The molecule has 0 unspecified atom stereocenters. The van der Waals surface area contributed by atoms with Crippen molar-refractivity contribution in [2.24, 2.45) is 0 Å². The summed E-state index contributed by atoms with van der Waals surface area (Å²) in [5, 5.41) is 4.93. The molecule has 0 aliphatic carbocycles. The van der Waals surface area contributed by atoms with E-state index in [0.29, 0.717) is 0 Å². The number of fused-ring (bicyclic) bond motifs is 6. The highest BCUT2D eigenvalue weighted by Gasteiger charge is 2.18. The van der Waals surface area contributed by atoms with Gasteiger partial charge in [0.2, 0.25) is 0 Å². The predicted octanol–water partition coefficient (Wildman–Crippen LogP) is 16.2. The highest BCUT2D eigenvalue weighted by molar-refractivity contribution is 6.13. The Balaban J connectivity index is 1.04. The fourth-order valence-corrected chi connectivity index (χ4v) is 9.51. The molecule has 0 amide bonds. The first kappa shape index (κ1) is 35.7. The summed E-state index contributed by atoms with van der Waals surface area (Å²) in [5.74, 6) is 0. The Kier molecular flexibility index (Phi) is 8.53. The molecule has 0 aliphatic rings. The predicted molar refractivity (Wildman–Crippen MR) is 262 cm³/mol. The molecule has 0 atom stereocenters. The van der Waals surface area contributed by atoms with Crippen molar-refractivity contribution in [3.63, 3.8) is 0 Å². The van der Waals surface area contributed by atoms with Crippen LogP contribution in [-0.2, 0) is 0 Å². The summed E-state index contributed by atoms with van der Waals surface area (Å²) in [6.07, 6.45) is 0. The van der Waals surface area contributed by atoms with Crippen LogP contribution in [0.4, 0.5) is 0 Å². The van der Waals surface area contributed by atoms with Gasteiger partial charge in [-0.15, -0.1) is 0 Å². The van der Waals surface area contributed by atoms with E-state index >= 15 is 0 Å². The molecule has 62 heavy (non-hydrogen) atoms. The van der Waals surface area contributed by atoms with E-state index in [9.17, 15) is 0 Å². The lowest BCUT2D eigenvalue weighted by molar-refractivity contribution is 1.18. The third kappa shape index (κ3) is 6.12. The summed E-state index contributed by atoms with van der Waals surface area (Å²) in [7, 11) is 0. The van der Waals surface area contributed by atoms with Gasteiger partial charge < -0.3 is 9.13 Å². The number of hydrogen-bond acceptors (Lipinski definition) is 0. The Labute approximate surface area is 360 Å². The normalized spacial score (nSPS) is 11.5. The van der Waals surface area contributed by atoms with Crippen molar-refractivity contribution in [1.29, 1.82) is 0 Å². The lowest BCUT2D eigenvalue weighted by atomic mass is 9.98. The van der Waals surface area contributed by atoms with Gasteiger partial charge in [0.05, 0.1) is 22.1 Å². The van der Waals surface area contributed by atoms with Crippen molar-refractivity contribution in [3.8, 4) is 67.0 Å². The molecule has 0 aliphatic heterocycles. The first-order chi connectivity index (χ1) is 30.7. The molecular weight excluding hydrogens is 749 g/mol. The van der Waals surface area contributed by atoms with Crippen molar-refractivity contribution in [1.82, 2.24) is 9.13 Å². The molecule has 2 aromatic heterocycles. The molecule has 2 heteroatoms. The Bertz CT molecular complexity index is 3540. The van der Waals surface area contributed by atoms with Gasteiger partial charge in [-0.1, -0.05) is 170 Å². The molecule has 0 saturated heterocycles. The molecule has 0 fully saturated rings. The van der Waals surface area contributed by atoms with Gasteiger partial charge in [-0.3, -0.25) is 0 Å². The monoisotopic (exact) mass is 788 g/mol. The minimum atomic E-state index is 1.14. The molecule has 2 heterocycles. The number of para-hydroxylation sites is 1. The lowest BCUT2D eigenvalue weighted by Crippen LogP contribution is -1.96. The minimum Gasteiger partial charge on any atom is -0.309 e. The van der Waals surface area contributed by atoms with Crippen molar-refractivity contribution in [2.75, 3.05) is 0 Å². The topological polar surface area (TPSA) is 9.86 Å². The molecule has 12 aromatic rings. The largest absolute Gasteiger partial charge is 0.309 e. The first-order valence-electron chi connectivity index (χ1n) is 21.3. The summed E-state index contributed by atoms with van der Waals surface area (Å²) in [6.45, 7) is 0. The molecule has 0 radical (unpaired) electrons. The molecule has 0 saturated carbocycles. The highest BCUT2D eigenvalue weighted by atomic mass is 15.0. The van der Waals surface area contributed by atoms with Crippen LogP contribution < -0.4 is 0 Å². The van der Waals surface area contributed by atoms with Crippen LogP contribution in [0.2, 0.25) is 0 Å². The van der Waals surface area contributed by atoms with E-state index in [1.165, 1.54) is 99.2 Å². The fraction of sp³-hybridized carbons (Fsp3) is 0. The van der Waals surface area contributed by atoms with Crippen LogP contribution in [0.5, 0.6) is 0 Å². The maximum atomic E-state index is 2.44. The van der Waals surface area contributed by atoms with Gasteiger partial charge in [-0.2, -0.15) is 0 Å². The van der Waals surface area contributed by atoms with Gasteiger partial charge >= 0.3 is 0 Å². The summed E-state index contributed by atoms with van der Waals surface area (Å²) in [5.41, 5.74) is 19.0. The first-order valence-corrected chi connectivity index (χ1v) is 21.3. The summed E-state index contributed by atoms with van der Waals surface area (Å²) in [4.78, 5) is 0. The molecule has 0 N–H and O–H groups in total. The number of hydrogen-bond donors (Lipinski definition) is 0. The van der Waals surface area contributed by atoms with Crippen LogP contribution >= 0.6 is 0 Å². The van der Waals surface area contributed by atoms with Crippen molar-refractivity contribution in [2.45, 2.75) is 0 Å². The van der Waals surface area contributed by atoms with Crippen LogP contribution in [0.1, 0.15) is 0 Å². The van der Waals surface area contributed by atoms with Gasteiger partial charge in [0, 0.05) is 32.9 Å². The molecule has 0 bridgehead atoms. The van der Waals surface area contributed by atoms with E-state index in [1.54, 1.807) is 0 Å². The second kappa shape index (κ2) is 14.8. The Morgan fingerprint density at radius 3 is 1.02 bits per heavy atom. The standard InChI is InChI=1S/C60H40N2/c1-5-16-41(17-6-1)45-24-15-25-51(35-45)61-59-31-28-46(42-18-7-2-8-19-42)38-55(59)56-40-48(30-33-60(56)61)47-29-32-58-54(39-47)53-26-13-14-27-57(53)62(58)52-36-49(43-20-9-3-10-21-43)34-50(37-52)44-22-11-4-12-23-44/h1-40H. The molecule has 12 rings (SSSR count). The highest BCUT2D eigenvalue weighted by Crippen LogP contribution is 2.41. The number of benzene rings is 10. The Morgan fingerprint density at radius 1 is 0.177 bits per heavy atom. The van der Waals surface area contributed by atoms with E-state index in [4.69, 9.17) is 0 Å². The Hall–Kier alpha value is -8.20. The minimum absolute atomic E-state index is 1.14. The SMILES string of the molecule is c1ccc(-c2cccc(-n3c4ccc(-c5ccccc5)cc4c4cc(-c5ccc6c(c5)c5ccccc5n6-c5cc(-c6ccccc6)cc(-c6ccccc6)c5)ccc43)c2)cc1. The van der Waals surface area contributed by atoms with Crippen LogP contribution in [-0.4, -0.2) is 9.13 Å². The zero-order valence-corrected chi connectivity index (χ0v) is 34.0. The summed E-state index contributed by atoms with van der Waals surface area (Å²) >= 11 is 0. The van der Waals surface area contributed by atoms with Crippen molar-refractivity contribution < 1.29 is 0 Å². The average molecular weight is 789 g/mol. The summed E-state index contributed by atoms with van der Waals surface area (Å²) in [6, 6.07) is 88.5. The van der Waals surface area contributed by atoms with Crippen molar-refractivity contribution in [3.05, 3.63) is 243 Å². The smallest absolute Gasteiger partial charge is 0.0541 e. The third-order valence-corrected chi connectivity index (χ3v) is 12.5. The van der Waals surface area contributed by atoms with E-state index in [2.05, 4.69) is 252 Å². The van der Waals surface area contributed by atoms with Crippen molar-refractivity contribution >= 4 is 43.6 Å². The second-order valence-electron chi connectivity index (χ2n) is 16.2. The fourth-order valence-electron chi connectivity index (χ4n) is 9.51. The summed E-state index contributed by atoms with van der Waals surface area (Å²) < 4.78 is 4.87. The van der Waals surface area contributed by atoms with E-state index in [0.717, 1.165) is 11.4 Å². The van der Waals surface area contributed by atoms with Crippen LogP contribution in [0.25, 0.3) is 111 Å². The number of rotatable bonds is 7. The van der Waals surface area contributed by atoms with Crippen LogP contribution in [0.3, 0.4) is 0 Å². The molecular formula is C60H40N2. The average Bonchev–Trinajstić information content (AvgIpc) is 3.87. The zero-order valence-electron chi connectivity index (χ0n) is 34.0. The molecule has 10 aromatic carbocycles. The van der Waals surface area contributed by atoms with Gasteiger partial charge in [-0.25, -0.2) is 0 Å². The zero-order chi connectivity index (χ0) is 41.0. The number of nitrogens with zero attached hydrogens (tertiary/aromatic N) is 2. The molecule has 290 valence electrons. The lowest BCUT2D eigenvalue weighted by Gasteiger charge is -2.14. The van der Waals surface area contributed by atoms with E-state index < -0.39 is 0 Å². The second-order valence-corrected chi connectivity index (χ2v) is 16.2. The van der Waals surface area contributed by atoms with Gasteiger partial charge in [0.1, 0.15) is 0 Å². The maximum absolute atomic E-state index is 2.44. The van der Waals surface area contributed by atoms with E-state index in [-0.39, 0.29) is 0 Å². The van der Waals surface area contributed by atoms with Crippen LogP contribution in [0, 0.1) is 0 Å². The molecule has 0 spiro atoms. The number of aromatic nitrogens is 2. The Morgan fingerprint density at radius 2 is 0.516 bits per heavy atom. The van der Waals surface area contributed by atoms with E-state index in [1.807, 2.05) is 0 Å². The van der Waals surface area contributed by atoms with Gasteiger partial charge in [0.25, 0.3) is 0 Å². The van der Waals surface area contributed by atoms with Crippen LogP contribution in [0.15, 0.2) is 243 Å². The third-order valence-electron chi connectivity index (χ3n) is 12.5.